The minimum absolute atomic E-state index is 0.0164. The smallest absolute Gasteiger partial charge is 0.379 e. The summed E-state index contributed by atoms with van der Waals surface area (Å²) in [6.45, 7) is 7.34. The maximum Gasteiger partial charge on any atom is 0.379 e. The number of piperazine rings is 1. The third kappa shape index (κ3) is 5.06. The first-order valence-electron chi connectivity index (χ1n) is 11.4. The lowest BCUT2D eigenvalue weighted by Gasteiger charge is -2.44. The van der Waals surface area contributed by atoms with Crippen LogP contribution in [0.2, 0.25) is 5.02 Å². The number of Topliss-reactive ketones (excluding diaryl/α,β-unsaturated/α-hetero) is 1. The molecule has 1 N–H and O–H groups in total. The van der Waals surface area contributed by atoms with E-state index < -0.39 is 11.8 Å². The highest BCUT2D eigenvalue weighted by Gasteiger charge is 2.34. The van der Waals surface area contributed by atoms with E-state index >= 15 is 0 Å². The van der Waals surface area contributed by atoms with E-state index in [2.05, 4.69) is 14.9 Å². The Morgan fingerprint density at radius 1 is 1.17 bits per heavy atom. The van der Waals surface area contributed by atoms with Crippen molar-refractivity contribution in [2.24, 2.45) is 0 Å². The Balaban J connectivity index is 1.56. The molecule has 0 saturated carbocycles. The van der Waals surface area contributed by atoms with Crippen LogP contribution in [0.3, 0.4) is 0 Å². The quantitative estimate of drug-likeness (QED) is 0.314. The summed E-state index contributed by atoms with van der Waals surface area (Å²) in [5.74, 6) is -2.46. The molecule has 35 heavy (non-hydrogen) atoms. The Hall–Kier alpha value is -3.30. The fraction of sp³-hybridized carbons (Fsp3) is 0.360. The van der Waals surface area contributed by atoms with E-state index in [0.717, 1.165) is 5.56 Å². The van der Waals surface area contributed by atoms with Gasteiger partial charge in [0.25, 0.3) is 11.7 Å². The normalized spacial score (nSPS) is 18.6. The lowest BCUT2D eigenvalue weighted by atomic mass is 10.1. The van der Waals surface area contributed by atoms with Gasteiger partial charge in [0.05, 0.1) is 22.7 Å². The number of esters is 1. The molecule has 1 fully saturated rings. The number of carbonyl (C=O) groups excluding carboxylic acids is 3. The summed E-state index contributed by atoms with van der Waals surface area (Å²) in [5.41, 5.74) is 1.65. The molecule has 3 aromatic rings. The molecule has 0 spiro atoms. The predicted molar refractivity (Wildman–Crippen MR) is 129 cm³/mol. The van der Waals surface area contributed by atoms with Crippen LogP contribution in [0.1, 0.15) is 47.2 Å². The number of fused-ring (bicyclic) bond motifs is 1. The van der Waals surface area contributed by atoms with Crippen LogP contribution in [0.4, 0.5) is 4.39 Å². The number of carbonyl (C=O) groups is 3. The Bertz CT molecular complexity index is 1280. The summed E-state index contributed by atoms with van der Waals surface area (Å²) < 4.78 is 18.0. The van der Waals surface area contributed by atoms with E-state index in [9.17, 15) is 18.8 Å². The molecule has 0 radical (unpaired) electrons. The highest BCUT2D eigenvalue weighted by molar-refractivity contribution is 6.43. The highest BCUT2D eigenvalue weighted by Crippen LogP contribution is 2.27. The largest absolute Gasteiger partial charge is 0.460 e. The summed E-state index contributed by atoms with van der Waals surface area (Å²) in [6.07, 6.45) is 1.36. The predicted octanol–water partition coefficient (Wildman–Crippen LogP) is 3.84. The Morgan fingerprint density at radius 2 is 1.89 bits per heavy atom. The van der Waals surface area contributed by atoms with Crippen molar-refractivity contribution < 1.29 is 23.5 Å². The molecule has 3 heterocycles. The second-order valence-corrected chi connectivity index (χ2v) is 9.09. The SMILES string of the molecule is CCOC(=O)C(=O)c1c[nH]c2cc(Cl)c(C(=O)N3C[C@H](C)N(Cc4ccc(F)cc4)C[C@H]3C)nc12. The monoisotopic (exact) mass is 500 g/mol. The van der Waals surface area contributed by atoms with E-state index in [1.165, 1.54) is 24.4 Å². The Labute approximate surface area is 207 Å². The number of aromatic nitrogens is 2. The average molecular weight is 501 g/mol. The molecule has 184 valence electrons. The molecule has 2 atom stereocenters. The first-order chi connectivity index (χ1) is 16.7. The number of amides is 1. The number of hydrogen-bond acceptors (Lipinski definition) is 6. The molecule has 0 aliphatic carbocycles. The number of hydrogen-bond donors (Lipinski definition) is 1. The zero-order chi connectivity index (χ0) is 25.3. The molecule has 1 aliphatic rings. The zero-order valence-corrected chi connectivity index (χ0v) is 20.4. The van der Waals surface area contributed by atoms with E-state index in [1.807, 2.05) is 13.8 Å². The van der Waals surface area contributed by atoms with Crippen molar-refractivity contribution in [2.75, 3.05) is 19.7 Å². The average Bonchev–Trinajstić information content (AvgIpc) is 3.23. The van der Waals surface area contributed by atoms with Gasteiger partial charge in [-0.1, -0.05) is 23.7 Å². The topological polar surface area (TPSA) is 95.6 Å². The number of rotatable bonds is 6. The lowest BCUT2D eigenvalue weighted by molar-refractivity contribution is -0.137. The standard InChI is InChI=1S/C25H26ClFN4O4/c1-4-35-25(34)23(32)18-10-28-20-9-19(26)22(29-21(18)20)24(33)31-12-14(2)30(11-15(31)3)13-16-5-7-17(27)8-6-16/h5-10,14-15,28H,4,11-13H2,1-3H3/t14-,15+/m0/s1. The van der Waals surface area contributed by atoms with Gasteiger partial charge in [-0.05, 0) is 44.5 Å². The summed E-state index contributed by atoms with van der Waals surface area (Å²) >= 11 is 6.40. The van der Waals surface area contributed by atoms with Crippen LogP contribution in [-0.2, 0) is 16.1 Å². The molecule has 4 rings (SSSR count). The van der Waals surface area contributed by atoms with Crippen molar-refractivity contribution in [3.05, 3.63) is 64.2 Å². The van der Waals surface area contributed by atoms with Crippen molar-refractivity contribution in [3.63, 3.8) is 0 Å². The minimum atomic E-state index is -0.988. The van der Waals surface area contributed by atoms with Crippen molar-refractivity contribution in [2.45, 2.75) is 39.4 Å². The number of pyridine rings is 1. The Kier molecular flexibility index (Phi) is 7.18. The van der Waals surface area contributed by atoms with Crippen LogP contribution in [0.15, 0.2) is 36.5 Å². The molecule has 1 saturated heterocycles. The van der Waals surface area contributed by atoms with Crippen LogP contribution in [0, 0.1) is 5.82 Å². The van der Waals surface area contributed by atoms with Crippen molar-refractivity contribution in [1.29, 1.82) is 0 Å². The fourth-order valence-corrected chi connectivity index (χ4v) is 4.55. The molecule has 0 unspecified atom stereocenters. The van der Waals surface area contributed by atoms with Gasteiger partial charge in [0.1, 0.15) is 17.0 Å². The van der Waals surface area contributed by atoms with Crippen LogP contribution in [0.5, 0.6) is 0 Å². The molecule has 8 nitrogen and oxygen atoms in total. The summed E-state index contributed by atoms with van der Waals surface area (Å²) in [4.78, 5) is 49.1. The zero-order valence-electron chi connectivity index (χ0n) is 19.7. The molecule has 0 bridgehead atoms. The van der Waals surface area contributed by atoms with Crippen LogP contribution in [-0.4, -0.2) is 69.2 Å². The van der Waals surface area contributed by atoms with Crippen LogP contribution >= 0.6 is 11.6 Å². The minimum Gasteiger partial charge on any atom is -0.460 e. The molecular formula is C25H26ClFN4O4. The van der Waals surface area contributed by atoms with Gasteiger partial charge in [0.15, 0.2) is 0 Å². The molecule has 1 aliphatic heterocycles. The van der Waals surface area contributed by atoms with Gasteiger partial charge in [-0.2, -0.15) is 0 Å². The van der Waals surface area contributed by atoms with Crippen LogP contribution in [0.25, 0.3) is 11.0 Å². The molecule has 10 heteroatoms. The number of halogens is 2. The van der Waals surface area contributed by atoms with E-state index in [-0.39, 0.29) is 52.2 Å². The van der Waals surface area contributed by atoms with Gasteiger partial charge >= 0.3 is 5.97 Å². The Morgan fingerprint density at radius 3 is 2.57 bits per heavy atom. The van der Waals surface area contributed by atoms with Gasteiger partial charge in [-0.15, -0.1) is 0 Å². The van der Waals surface area contributed by atoms with Gasteiger partial charge in [-0.25, -0.2) is 14.2 Å². The first-order valence-corrected chi connectivity index (χ1v) is 11.8. The van der Waals surface area contributed by atoms with E-state index in [1.54, 1.807) is 24.0 Å². The number of ketones is 1. The first kappa shape index (κ1) is 24.8. The number of ether oxygens (including phenoxy) is 1. The third-order valence-corrected chi connectivity index (χ3v) is 6.47. The summed E-state index contributed by atoms with van der Waals surface area (Å²) in [7, 11) is 0. The number of benzene rings is 1. The van der Waals surface area contributed by atoms with Gasteiger partial charge < -0.3 is 14.6 Å². The second kappa shape index (κ2) is 10.1. The molecular weight excluding hydrogens is 475 g/mol. The van der Waals surface area contributed by atoms with Crippen molar-refractivity contribution >= 4 is 40.3 Å². The molecule has 2 aromatic heterocycles. The summed E-state index contributed by atoms with van der Waals surface area (Å²) in [6, 6.07) is 7.82. The second-order valence-electron chi connectivity index (χ2n) is 8.68. The number of nitrogens with zero attached hydrogens (tertiary/aromatic N) is 3. The van der Waals surface area contributed by atoms with E-state index in [0.29, 0.717) is 25.2 Å². The number of H-pyrrole nitrogens is 1. The summed E-state index contributed by atoms with van der Waals surface area (Å²) in [5, 5.41) is 0.146. The van der Waals surface area contributed by atoms with Crippen molar-refractivity contribution in [1.82, 2.24) is 19.8 Å². The van der Waals surface area contributed by atoms with Gasteiger partial charge in [0, 0.05) is 37.9 Å². The number of nitrogens with one attached hydrogen (secondary N) is 1. The van der Waals surface area contributed by atoms with Gasteiger partial charge in [-0.3, -0.25) is 14.5 Å². The third-order valence-electron chi connectivity index (χ3n) is 6.19. The van der Waals surface area contributed by atoms with Gasteiger partial charge in [0.2, 0.25) is 0 Å². The van der Waals surface area contributed by atoms with Crippen LogP contribution < -0.4 is 0 Å². The lowest BCUT2D eigenvalue weighted by Crippen LogP contribution is -2.57. The maximum absolute atomic E-state index is 13.5. The van der Waals surface area contributed by atoms with E-state index in [4.69, 9.17) is 16.3 Å². The molecule has 1 amide bonds. The van der Waals surface area contributed by atoms with Crippen molar-refractivity contribution in [3.8, 4) is 0 Å². The maximum atomic E-state index is 13.5. The fourth-order valence-electron chi connectivity index (χ4n) is 4.31. The number of aromatic amines is 1. The highest BCUT2D eigenvalue weighted by atomic mass is 35.5. The molecule has 1 aromatic carbocycles.